The topological polar surface area (TPSA) is 74.9 Å². The van der Waals surface area contributed by atoms with Crippen LogP contribution in [0, 0.1) is 11.3 Å². The van der Waals surface area contributed by atoms with Gasteiger partial charge in [-0.25, -0.2) is 0 Å². The Morgan fingerprint density at radius 2 is 1.57 bits per heavy atom. The number of carbonyl (C=O) groups excluding carboxylic acids is 1. The number of benzene rings is 3. The van der Waals surface area contributed by atoms with E-state index in [1.165, 1.54) is 4.57 Å². The number of thiazole rings is 1. The molecule has 1 heterocycles. The van der Waals surface area contributed by atoms with Gasteiger partial charge < -0.3 is 5.32 Å². The van der Waals surface area contributed by atoms with Gasteiger partial charge >= 0.3 is 0 Å². The predicted molar refractivity (Wildman–Crippen MR) is 141 cm³/mol. The molecular formula is C29H23N3O2S. The van der Waals surface area contributed by atoms with Gasteiger partial charge in [0.15, 0.2) is 5.57 Å². The third-order valence-electron chi connectivity index (χ3n) is 5.37. The molecule has 3 aromatic carbocycles. The fourth-order valence-electron chi connectivity index (χ4n) is 3.58. The Morgan fingerprint density at radius 3 is 2.20 bits per heavy atom. The van der Waals surface area contributed by atoms with Gasteiger partial charge in [0, 0.05) is 0 Å². The van der Waals surface area contributed by atoms with E-state index in [0.29, 0.717) is 14.9 Å². The first-order valence-electron chi connectivity index (χ1n) is 11.1. The highest BCUT2D eigenvalue weighted by molar-refractivity contribution is 7.07. The maximum absolute atomic E-state index is 13.4. The summed E-state index contributed by atoms with van der Waals surface area (Å²) in [6, 6.07) is 30.0. The number of nitrogens with zero attached hydrogens (tertiary/aromatic N) is 2. The van der Waals surface area contributed by atoms with Crippen molar-refractivity contribution < 1.29 is 4.79 Å². The van der Waals surface area contributed by atoms with E-state index in [4.69, 9.17) is 0 Å². The van der Waals surface area contributed by atoms with E-state index in [0.717, 1.165) is 22.5 Å². The summed E-state index contributed by atoms with van der Waals surface area (Å²) in [6.07, 6.45) is 5.41. The molecule has 0 bridgehead atoms. The highest BCUT2D eigenvalue weighted by atomic mass is 32.1. The molecule has 1 amide bonds. The number of hydrogen-bond acceptors (Lipinski definition) is 4. The Kier molecular flexibility index (Phi) is 7.51. The third kappa shape index (κ3) is 5.55. The summed E-state index contributed by atoms with van der Waals surface area (Å²) < 4.78 is 2.14. The quantitative estimate of drug-likeness (QED) is 0.457. The lowest BCUT2D eigenvalue weighted by Gasteiger charge is -2.13. The molecule has 0 aliphatic rings. The minimum absolute atomic E-state index is 0.106. The number of amides is 1. The van der Waals surface area contributed by atoms with Crippen molar-refractivity contribution in [2.45, 2.75) is 13.0 Å². The lowest BCUT2D eigenvalue weighted by molar-refractivity contribution is -0.116. The molecule has 5 nitrogen and oxygen atoms in total. The third-order valence-corrected chi connectivity index (χ3v) is 6.48. The Labute approximate surface area is 207 Å². The number of allylic oxidation sites excluding steroid dienone is 1. The van der Waals surface area contributed by atoms with Gasteiger partial charge in [-0.2, -0.15) is 5.26 Å². The van der Waals surface area contributed by atoms with Crippen LogP contribution in [0.4, 0.5) is 0 Å². The number of carbonyl (C=O) groups is 1. The molecule has 0 spiro atoms. The fourth-order valence-corrected chi connectivity index (χ4v) is 4.63. The van der Waals surface area contributed by atoms with E-state index in [9.17, 15) is 14.9 Å². The molecule has 0 aliphatic carbocycles. The van der Waals surface area contributed by atoms with Gasteiger partial charge in [0.25, 0.3) is 11.5 Å². The lowest BCUT2D eigenvalue weighted by Crippen LogP contribution is -2.34. The molecule has 1 N–H and O–H groups in total. The van der Waals surface area contributed by atoms with Crippen LogP contribution in [0.2, 0.25) is 0 Å². The molecule has 0 fully saturated rings. The predicted octanol–water partition coefficient (Wildman–Crippen LogP) is 3.94. The summed E-state index contributed by atoms with van der Waals surface area (Å²) in [7, 11) is 0. The van der Waals surface area contributed by atoms with E-state index in [1.807, 2.05) is 97.9 Å². The number of para-hydroxylation sites is 1. The second-order valence-corrected chi connectivity index (χ2v) is 8.81. The molecule has 0 radical (unpaired) electrons. The van der Waals surface area contributed by atoms with Crippen LogP contribution in [0.3, 0.4) is 0 Å². The average Bonchev–Trinajstić information content (AvgIpc) is 3.21. The molecule has 4 aromatic rings. The maximum Gasteiger partial charge on any atom is 0.273 e. The molecular weight excluding hydrogens is 454 g/mol. The lowest BCUT2D eigenvalue weighted by atomic mass is 10.1. The Hall–Kier alpha value is -4.47. The molecule has 1 aromatic heterocycles. The molecule has 4 rings (SSSR count). The largest absolute Gasteiger partial charge is 0.345 e. The first-order chi connectivity index (χ1) is 17.1. The van der Waals surface area contributed by atoms with E-state index in [1.54, 1.807) is 24.3 Å². The first kappa shape index (κ1) is 23.7. The summed E-state index contributed by atoms with van der Waals surface area (Å²) >= 11 is 1.12. The Balaban J connectivity index is 1.82. The summed E-state index contributed by atoms with van der Waals surface area (Å²) in [6.45, 7) is 1.86. The second kappa shape index (κ2) is 11.1. The number of hydrogen-bond donors (Lipinski definition) is 1. The number of rotatable bonds is 6. The van der Waals surface area contributed by atoms with Gasteiger partial charge in [-0.1, -0.05) is 91.0 Å². The average molecular weight is 478 g/mol. The molecule has 0 saturated carbocycles. The van der Waals surface area contributed by atoms with Crippen LogP contribution in [0.15, 0.2) is 102 Å². The summed E-state index contributed by atoms with van der Waals surface area (Å²) in [5, 5.41) is 12.8. The molecule has 1 atom stereocenters. The van der Waals surface area contributed by atoms with Crippen LogP contribution in [0.5, 0.6) is 0 Å². The molecule has 35 heavy (non-hydrogen) atoms. The minimum atomic E-state index is -0.527. The van der Waals surface area contributed by atoms with E-state index >= 15 is 0 Å². The van der Waals surface area contributed by atoms with Crippen LogP contribution in [0.1, 0.15) is 24.1 Å². The van der Waals surface area contributed by atoms with Gasteiger partial charge in [0.2, 0.25) is 0 Å². The number of nitrogens with one attached hydrogen (secondary N) is 1. The van der Waals surface area contributed by atoms with Gasteiger partial charge in [0.1, 0.15) is 10.7 Å². The van der Waals surface area contributed by atoms with E-state index in [-0.39, 0.29) is 17.2 Å². The molecule has 172 valence electrons. The zero-order valence-electron chi connectivity index (χ0n) is 19.1. The molecule has 0 saturated heterocycles. The zero-order chi connectivity index (χ0) is 24.6. The van der Waals surface area contributed by atoms with Crippen LogP contribution in [0.25, 0.3) is 23.4 Å². The number of nitriles is 1. The van der Waals surface area contributed by atoms with Crippen molar-refractivity contribution in [2.24, 2.45) is 0 Å². The summed E-state index contributed by atoms with van der Waals surface area (Å²) in [5.74, 6) is -0.527. The zero-order valence-corrected chi connectivity index (χ0v) is 19.9. The van der Waals surface area contributed by atoms with Gasteiger partial charge in [-0.15, -0.1) is 11.3 Å². The normalized spacial score (nSPS) is 13.3. The van der Waals surface area contributed by atoms with Gasteiger partial charge in [0.05, 0.1) is 16.3 Å². The standard InChI is InChI=1S/C29H23N3O2S/c1-21(23-15-7-3-8-16-23)31-27(33)25(20-30)29-32(24-17-9-4-10-18-24)28(34)26(35-29)19-11-14-22-12-5-2-6-13-22/h2-19,21H,1H3,(H,31,33)/b14-11+,26-19+,29-25+/t21-/m1/s1. The monoisotopic (exact) mass is 477 g/mol. The van der Waals surface area contributed by atoms with Crippen molar-refractivity contribution in [2.75, 3.05) is 0 Å². The van der Waals surface area contributed by atoms with E-state index in [2.05, 4.69) is 5.32 Å². The fraction of sp³-hybridized carbons (Fsp3) is 0.0690. The Bertz CT molecular complexity index is 1560. The molecule has 0 aliphatic heterocycles. The maximum atomic E-state index is 13.4. The SMILES string of the molecule is C[C@@H](NC(=O)/C(C#N)=c1/s/c(=C/C=C/c2ccccc2)c(=O)n1-c1ccccc1)c1ccccc1. The van der Waals surface area contributed by atoms with Crippen molar-refractivity contribution in [3.63, 3.8) is 0 Å². The summed E-state index contributed by atoms with van der Waals surface area (Å²) in [4.78, 5) is 26.5. The van der Waals surface area contributed by atoms with Gasteiger partial charge in [-0.05, 0) is 36.3 Å². The smallest absolute Gasteiger partial charge is 0.273 e. The van der Waals surface area contributed by atoms with Crippen molar-refractivity contribution in [1.29, 1.82) is 5.26 Å². The second-order valence-electron chi connectivity index (χ2n) is 7.78. The van der Waals surface area contributed by atoms with Crippen molar-refractivity contribution in [3.8, 4) is 11.8 Å². The van der Waals surface area contributed by atoms with E-state index < -0.39 is 5.91 Å². The van der Waals surface area contributed by atoms with Crippen LogP contribution in [-0.4, -0.2) is 10.5 Å². The van der Waals surface area contributed by atoms with Gasteiger partial charge in [-0.3, -0.25) is 14.2 Å². The first-order valence-corrected chi connectivity index (χ1v) is 11.9. The molecule has 0 unspecified atom stereocenters. The van der Waals surface area contributed by atoms with Crippen LogP contribution >= 0.6 is 11.3 Å². The minimum Gasteiger partial charge on any atom is -0.345 e. The highest BCUT2D eigenvalue weighted by Gasteiger charge is 2.18. The summed E-state index contributed by atoms with van der Waals surface area (Å²) in [5.41, 5.74) is 2.12. The van der Waals surface area contributed by atoms with Crippen molar-refractivity contribution in [1.82, 2.24) is 9.88 Å². The van der Waals surface area contributed by atoms with Crippen molar-refractivity contribution in [3.05, 3.63) is 128 Å². The molecule has 6 heteroatoms. The van der Waals surface area contributed by atoms with Crippen LogP contribution < -0.4 is 20.1 Å². The highest BCUT2D eigenvalue weighted by Crippen LogP contribution is 2.12. The number of aromatic nitrogens is 1. The Morgan fingerprint density at radius 1 is 0.971 bits per heavy atom. The van der Waals surface area contributed by atoms with Crippen LogP contribution in [-0.2, 0) is 4.79 Å². The van der Waals surface area contributed by atoms with Crippen molar-refractivity contribution >= 4 is 35.0 Å².